The van der Waals surface area contributed by atoms with Crippen LogP contribution in [0.15, 0.2) is 17.0 Å². The second-order valence-electron chi connectivity index (χ2n) is 5.41. The number of likely N-dealkylation sites (N-methyl/N-ethyl adjacent to an activating group) is 1. The second-order valence-corrected chi connectivity index (χ2v) is 7.15. The molecule has 1 heterocycles. The Balaban J connectivity index is 2.19. The van der Waals surface area contributed by atoms with E-state index in [1.807, 2.05) is 6.92 Å². The van der Waals surface area contributed by atoms with E-state index in [4.69, 9.17) is 9.47 Å². The van der Waals surface area contributed by atoms with Crippen LogP contribution in [-0.2, 0) is 10.0 Å². The van der Waals surface area contributed by atoms with Gasteiger partial charge in [0.05, 0.1) is 14.2 Å². The molecular formula is C15H23FN2O4S. The van der Waals surface area contributed by atoms with Gasteiger partial charge in [-0.3, -0.25) is 4.90 Å². The van der Waals surface area contributed by atoms with Crippen molar-refractivity contribution in [2.45, 2.75) is 30.7 Å². The number of sulfonamides is 1. The molecule has 1 fully saturated rings. The summed E-state index contributed by atoms with van der Waals surface area (Å²) in [6.07, 6.45) is 1.98. The fourth-order valence-corrected chi connectivity index (χ4v) is 4.01. The summed E-state index contributed by atoms with van der Waals surface area (Å²) in [7, 11) is -1.22. The smallest absolute Gasteiger partial charge is 0.243 e. The molecule has 8 heteroatoms. The zero-order valence-corrected chi connectivity index (χ0v) is 14.5. The van der Waals surface area contributed by atoms with Crippen molar-refractivity contribution in [3.05, 3.63) is 17.9 Å². The van der Waals surface area contributed by atoms with Gasteiger partial charge in [0.1, 0.15) is 10.7 Å². The van der Waals surface area contributed by atoms with Crippen LogP contribution < -0.4 is 14.2 Å². The normalized spacial score (nSPS) is 19.0. The third-order valence-electron chi connectivity index (χ3n) is 4.14. The van der Waals surface area contributed by atoms with E-state index in [2.05, 4.69) is 9.62 Å². The molecule has 0 aromatic heterocycles. The number of hydrogen-bond donors (Lipinski definition) is 1. The molecule has 0 amide bonds. The highest BCUT2D eigenvalue weighted by molar-refractivity contribution is 7.89. The Kier molecular flexibility index (Phi) is 5.83. The van der Waals surface area contributed by atoms with Crippen molar-refractivity contribution in [2.75, 3.05) is 33.9 Å². The second kappa shape index (κ2) is 7.46. The first-order chi connectivity index (χ1) is 10.9. The number of nitrogens with zero attached hydrogens (tertiary/aromatic N) is 1. The molecule has 1 aliphatic heterocycles. The van der Waals surface area contributed by atoms with Crippen LogP contribution in [0.1, 0.15) is 19.8 Å². The fraction of sp³-hybridized carbons (Fsp3) is 0.600. The van der Waals surface area contributed by atoms with Gasteiger partial charge in [-0.25, -0.2) is 17.5 Å². The number of likely N-dealkylation sites (tertiary alicyclic amines) is 1. The van der Waals surface area contributed by atoms with Gasteiger partial charge in [-0.05, 0) is 25.9 Å². The van der Waals surface area contributed by atoms with E-state index in [9.17, 15) is 12.8 Å². The molecule has 1 N–H and O–H groups in total. The van der Waals surface area contributed by atoms with E-state index >= 15 is 0 Å². The summed E-state index contributed by atoms with van der Waals surface area (Å²) in [5.74, 6) is -0.545. The van der Waals surface area contributed by atoms with E-state index in [0.29, 0.717) is 0 Å². The third kappa shape index (κ3) is 3.94. The first kappa shape index (κ1) is 18.0. The molecule has 0 unspecified atom stereocenters. The molecule has 0 spiro atoms. The Labute approximate surface area is 136 Å². The Morgan fingerprint density at radius 1 is 1.30 bits per heavy atom. The van der Waals surface area contributed by atoms with Crippen LogP contribution in [0.5, 0.6) is 11.5 Å². The third-order valence-corrected chi connectivity index (χ3v) is 5.58. The highest BCUT2D eigenvalue weighted by Gasteiger charge is 2.27. The lowest BCUT2D eigenvalue weighted by atomic mass is 10.2. The van der Waals surface area contributed by atoms with Crippen molar-refractivity contribution in [1.29, 1.82) is 0 Å². The monoisotopic (exact) mass is 346 g/mol. The fourth-order valence-electron chi connectivity index (χ4n) is 2.87. The zero-order valence-electron chi connectivity index (χ0n) is 13.6. The first-order valence-corrected chi connectivity index (χ1v) is 9.06. The maximum atomic E-state index is 14.1. The minimum atomic E-state index is -3.95. The van der Waals surface area contributed by atoms with Crippen LogP contribution in [0.25, 0.3) is 0 Å². The molecule has 1 aliphatic rings. The molecule has 2 rings (SSSR count). The molecule has 0 bridgehead atoms. The van der Waals surface area contributed by atoms with Gasteiger partial charge in [-0.15, -0.1) is 0 Å². The average molecular weight is 346 g/mol. The quantitative estimate of drug-likeness (QED) is 0.812. The van der Waals surface area contributed by atoms with Gasteiger partial charge < -0.3 is 9.47 Å². The molecule has 1 aromatic rings. The number of ether oxygens (including phenoxy) is 2. The van der Waals surface area contributed by atoms with Crippen molar-refractivity contribution >= 4 is 10.0 Å². The van der Waals surface area contributed by atoms with Crippen molar-refractivity contribution in [3.8, 4) is 11.5 Å². The Hall–Kier alpha value is -1.38. The van der Waals surface area contributed by atoms with E-state index in [-0.39, 0.29) is 24.1 Å². The molecule has 6 nitrogen and oxygen atoms in total. The summed E-state index contributed by atoms with van der Waals surface area (Å²) in [6, 6.07) is 2.31. The van der Waals surface area contributed by atoms with Crippen LogP contribution in [0.3, 0.4) is 0 Å². The summed E-state index contributed by atoms with van der Waals surface area (Å²) >= 11 is 0. The summed E-state index contributed by atoms with van der Waals surface area (Å²) in [6.45, 7) is 4.15. The number of rotatable bonds is 7. The Morgan fingerprint density at radius 3 is 2.57 bits per heavy atom. The first-order valence-electron chi connectivity index (χ1n) is 7.58. The van der Waals surface area contributed by atoms with Gasteiger partial charge >= 0.3 is 0 Å². The van der Waals surface area contributed by atoms with Crippen LogP contribution in [0.4, 0.5) is 4.39 Å². The molecule has 0 aliphatic carbocycles. The van der Waals surface area contributed by atoms with Crippen LogP contribution in [-0.4, -0.2) is 53.2 Å². The topological polar surface area (TPSA) is 67.9 Å². The van der Waals surface area contributed by atoms with Gasteiger partial charge in [0.2, 0.25) is 10.0 Å². The highest BCUT2D eigenvalue weighted by Crippen LogP contribution is 2.31. The highest BCUT2D eigenvalue weighted by atomic mass is 32.2. The van der Waals surface area contributed by atoms with Crippen molar-refractivity contribution in [3.63, 3.8) is 0 Å². The number of hydrogen-bond acceptors (Lipinski definition) is 5. The maximum Gasteiger partial charge on any atom is 0.243 e. The summed E-state index contributed by atoms with van der Waals surface area (Å²) < 4.78 is 51.5. The van der Waals surface area contributed by atoms with Crippen LogP contribution >= 0.6 is 0 Å². The molecule has 0 radical (unpaired) electrons. The minimum Gasteiger partial charge on any atom is -0.493 e. The Morgan fingerprint density at radius 2 is 1.96 bits per heavy atom. The van der Waals surface area contributed by atoms with Crippen LogP contribution in [0, 0.1) is 5.82 Å². The van der Waals surface area contributed by atoms with Crippen LogP contribution in [0.2, 0.25) is 0 Å². The SMILES string of the molecule is CCN1CCC[C@@H]1CNS(=O)(=O)c1cc(OC)c(OC)cc1F. The zero-order chi connectivity index (χ0) is 17.0. The standard InChI is InChI=1S/C15H23FN2O4S/c1-4-18-7-5-6-11(18)10-17-23(19,20)15-9-14(22-3)13(21-2)8-12(15)16/h8-9,11,17H,4-7,10H2,1-3H3/t11-/m1/s1. The molecule has 0 saturated carbocycles. The number of methoxy groups -OCH3 is 2. The number of halogens is 1. The predicted octanol–water partition coefficient (Wildman–Crippen LogP) is 1.61. The van der Waals surface area contributed by atoms with Gasteiger partial charge in [-0.2, -0.15) is 0 Å². The summed E-state index contributed by atoms with van der Waals surface area (Å²) in [4.78, 5) is 1.78. The van der Waals surface area contributed by atoms with E-state index < -0.39 is 20.7 Å². The molecule has 1 aromatic carbocycles. The van der Waals surface area contributed by atoms with Crippen molar-refractivity contribution in [2.24, 2.45) is 0 Å². The van der Waals surface area contributed by atoms with Crippen molar-refractivity contribution < 1.29 is 22.3 Å². The molecule has 23 heavy (non-hydrogen) atoms. The van der Waals surface area contributed by atoms with Gasteiger partial charge in [0.15, 0.2) is 11.5 Å². The Bertz CT molecular complexity index is 651. The number of benzene rings is 1. The predicted molar refractivity (Wildman–Crippen MR) is 85.0 cm³/mol. The average Bonchev–Trinajstić information content (AvgIpc) is 3.00. The molecule has 130 valence electrons. The van der Waals surface area contributed by atoms with Gasteiger partial charge in [0, 0.05) is 24.7 Å². The lowest BCUT2D eigenvalue weighted by Crippen LogP contribution is -2.40. The largest absolute Gasteiger partial charge is 0.493 e. The van der Waals surface area contributed by atoms with E-state index in [1.165, 1.54) is 14.2 Å². The van der Waals surface area contributed by atoms with E-state index in [0.717, 1.165) is 38.1 Å². The number of nitrogens with one attached hydrogen (secondary N) is 1. The molecular weight excluding hydrogens is 323 g/mol. The molecule has 1 atom stereocenters. The lowest BCUT2D eigenvalue weighted by molar-refractivity contribution is 0.268. The minimum absolute atomic E-state index is 0.150. The maximum absolute atomic E-state index is 14.1. The van der Waals surface area contributed by atoms with Gasteiger partial charge in [-0.1, -0.05) is 6.92 Å². The summed E-state index contributed by atoms with van der Waals surface area (Å²) in [5, 5.41) is 0. The lowest BCUT2D eigenvalue weighted by Gasteiger charge is -2.23. The summed E-state index contributed by atoms with van der Waals surface area (Å²) in [5.41, 5.74) is 0. The molecule has 1 saturated heterocycles. The van der Waals surface area contributed by atoms with Crippen molar-refractivity contribution in [1.82, 2.24) is 9.62 Å². The van der Waals surface area contributed by atoms with E-state index in [1.54, 1.807) is 0 Å². The van der Waals surface area contributed by atoms with Gasteiger partial charge in [0.25, 0.3) is 0 Å².